The molecule has 0 fully saturated rings. The zero-order chi connectivity index (χ0) is 13.1. The number of rotatable bonds is 3. The Morgan fingerprint density at radius 3 is 2.39 bits per heavy atom. The van der Waals surface area contributed by atoms with Crippen molar-refractivity contribution >= 4 is 45.8 Å². The van der Waals surface area contributed by atoms with E-state index in [2.05, 4.69) is 40.0 Å². The van der Waals surface area contributed by atoms with Gasteiger partial charge in [-0.1, -0.05) is 47.5 Å². The van der Waals surface area contributed by atoms with Gasteiger partial charge >= 0.3 is 0 Å². The molecule has 1 unspecified atom stereocenters. The third-order valence-electron chi connectivity index (χ3n) is 2.78. The van der Waals surface area contributed by atoms with Crippen LogP contribution in [0.5, 0.6) is 0 Å². The lowest BCUT2D eigenvalue weighted by molar-refractivity contribution is 0.689. The minimum Gasteiger partial charge on any atom is -0.309 e. The van der Waals surface area contributed by atoms with Gasteiger partial charge in [0.25, 0.3) is 0 Å². The van der Waals surface area contributed by atoms with Gasteiger partial charge in [0.2, 0.25) is 0 Å². The van der Waals surface area contributed by atoms with Crippen LogP contribution in [0.15, 0.2) is 42.5 Å². The SMILES string of the molecule is CNC(c1ccc(Cl)cc1Cl)c1ccccc1I. The topological polar surface area (TPSA) is 12.0 Å². The molecule has 0 aliphatic carbocycles. The van der Waals surface area contributed by atoms with E-state index in [1.807, 2.05) is 31.3 Å². The van der Waals surface area contributed by atoms with Gasteiger partial charge in [0.15, 0.2) is 0 Å². The zero-order valence-electron chi connectivity index (χ0n) is 9.75. The summed E-state index contributed by atoms with van der Waals surface area (Å²) >= 11 is 14.5. The summed E-state index contributed by atoms with van der Waals surface area (Å²) in [4.78, 5) is 0. The molecule has 0 aliphatic rings. The molecule has 4 heteroatoms. The monoisotopic (exact) mass is 391 g/mol. The van der Waals surface area contributed by atoms with Crippen molar-refractivity contribution in [1.29, 1.82) is 0 Å². The first-order valence-electron chi connectivity index (χ1n) is 5.50. The highest BCUT2D eigenvalue weighted by Gasteiger charge is 2.17. The second-order valence-corrected chi connectivity index (χ2v) is 5.91. The number of nitrogens with one attached hydrogen (secondary N) is 1. The normalized spacial score (nSPS) is 12.4. The van der Waals surface area contributed by atoms with Crippen LogP contribution < -0.4 is 5.32 Å². The molecule has 18 heavy (non-hydrogen) atoms. The fourth-order valence-electron chi connectivity index (χ4n) is 1.92. The van der Waals surface area contributed by atoms with E-state index in [1.165, 1.54) is 9.13 Å². The van der Waals surface area contributed by atoms with Crippen molar-refractivity contribution < 1.29 is 0 Å². The number of halogens is 3. The summed E-state index contributed by atoms with van der Waals surface area (Å²) in [7, 11) is 1.93. The highest BCUT2D eigenvalue weighted by Crippen LogP contribution is 2.32. The molecule has 1 nitrogen and oxygen atoms in total. The van der Waals surface area contributed by atoms with Crippen LogP contribution in [0.2, 0.25) is 10.0 Å². The highest BCUT2D eigenvalue weighted by atomic mass is 127. The molecule has 2 aromatic rings. The maximum Gasteiger partial charge on any atom is 0.0599 e. The lowest BCUT2D eigenvalue weighted by Gasteiger charge is -2.20. The van der Waals surface area contributed by atoms with Crippen molar-refractivity contribution in [2.75, 3.05) is 7.05 Å². The van der Waals surface area contributed by atoms with Gasteiger partial charge in [-0.2, -0.15) is 0 Å². The van der Waals surface area contributed by atoms with E-state index in [0.717, 1.165) is 5.56 Å². The Morgan fingerprint density at radius 1 is 1.06 bits per heavy atom. The Labute approximate surface area is 131 Å². The molecule has 94 valence electrons. The van der Waals surface area contributed by atoms with Crippen molar-refractivity contribution in [3.63, 3.8) is 0 Å². The molecule has 0 saturated heterocycles. The van der Waals surface area contributed by atoms with Crippen LogP contribution >= 0.6 is 45.8 Å². The largest absolute Gasteiger partial charge is 0.309 e. The lowest BCUT2D eigenvalue weighted by Crippen LogP contribution is -2.19. The van der Waals surface area contributed by atoms with Gasteiger partial charge in [0.05, 0.1) is 6.04 Å². The van der Waals surface area contributed by atoms with Gasteiger partial charge in [-0.25, -0.2) is 0 Å². The zero-order valence-corrected chi connectivity index (χ0v) is 13.4. The number of hydrogen-bond acceptors (Lipinski definition) is 1. The summed E-state index contributed by atoms with van der Waals surface area (Å²) in [6.07, 6.45) is 0. The van der Waals surface area contributed by atoms with E-state index in [4.69, 9.17) is 23.2 Å². The van der Waals surface area contributed by atoms with Crippen LogP contribution in [0.3, 0.4) is 0 Å². The lowest BCUT2D eigenvalue weighted by atomic mass is 9.99. The Morgan fingerprint density at radius 2 is 1.78 bits per heavy atom. The average molecular weight is 392 g/mol. The van der Waals surface area contributed by atoms with E-state index < -0.39 is 0 Å². The predicted octanol–water partition coefficient (Wildman–Crippen LogP) is 4.91. The van der Waals surface area contributed by atoms with Gasteiger partial charge in [0, 0.05) is 13.6 Å². The summed E-state index contributed by atoms with van der Waals surface area (Å²) in [6, 6.07) is 13.9. The van der Waals surface area contributed by atoms with Gasteiger partial charge < -0.3 is 5.32 Å². The van der Waals surface area contributed by atoms with Gasteiger partial charge in [-0.05, 0) is 59.0 Å². The van der Waals surface area contributed by atoms with Gasteiger partial charge in [0.1, 0.15) is 0 Å². The van der Waals surface area contributed by atoms with E-state index in [0.29, 0.717) is 10.0 Å². The van der Waals surface area contributed by atoms with Gasteiger partial charge in [-0.3, -0.25) is 0 Å². The minimum atomic E-state index is 0.0721. The third-order valence-corrected chi connectivity index (χ3v) is 4.32. The maximum absolute atomic E-state index is 6.28. The first kappa shape index (κ1) is 14.1. The standard InChI is InChI=1S/C14H12Cl2IN/c1-18-14(11-4-2-3-5-13(11)17)10-7-6-9(15)8-12(10)16/h2-8,14,18H,1H3. The Hall–Kier alpha value is -0.290. The number of hydrogen-bond donors (Lipinski definition) is 1. The fourth-order valence-corrected chi connectivity index (χ4v) is 3.14. The third kappa shape index (κ3) is 2.99. The van der Waals surface area contributed by atoms with Crippen molar-refractivity contribution in [2.45, 2.75) is 6.04 Å². The summed E-state index contributed by atoms with van der Waals surface area (Å²) in [6.45, 7) is 0. The summed E-state index contributed by atoms with van der Waals surface area (Å²) in [5.41, 5.74) is 2.25. The second kappa shape index (κ2) is 6.24. The molecule has 2 rings (SSSR count). The molecule has 0 saturated carbocycles. The van der Waals surface area contributed by atoms with Crippen LogP contribution in [0.4, 0.5) is 0 Å². The highest BCUT2D eigenvalue weighted by molar-refractivity contribution is 14.1. The minimum absolute atomic E-state index is 0.0721. The molecule has 2 aromatic carbocycles. The quantitative estimate of drug-likeness (QED) is 0.733. The Bertz CT molecular complexity index is 557. The Kier molecular flexibility index (Phi) is 4.90. The molecular formula is C14H12Cl2IN. The predicted molar refractivity (Wildman–Crippen MR) is 86.5 cm³/mol. The fraction of sp³-hybridized carbons (Fsp3) is 0.143. The number of benzene rings is 2. The van der Waals surface area contributed by atoms with Crippen molar-refractivity contribution in [3.8, 4) is 0 Å². The van der Waals surface area contributed by atoms with E-state index >= 15 is 0 Å². The smallest absolute Gasteiger partial charge is 0.0599 e. The van der Waals surface area contributed by atoms with E-state index in [1.54, 1.807) is 6.07 Å². The molecule has 0 aliphatic heterocycles. The molecule has 0 bridgehead atoms. The molecular weight excluding hydrogens is 380 g/mol. The molecule has 0 aromatic heterocycles. The van der Waals surface area contributed by atoms with Crippen molar-refractivity contribution in [2.24, 2.45) is 0 Å². The summed E-state index contributed by atoms with van der Waals surface area (Å²) < 4.78 is 1.21. The molecule has 0 spiro atoms. The Balaban J connectivity index is 2.49. The molecule has 0 amide bonds. The van der Waals surface area contributed by atoms with Crippen LogP contribution in [0.25, 0.3) is 0 Å². The first-order chi connectivity index (χ1) is 8.63. The summed E-state index contributed by atoms with van der Waals surface area (Å²) in [5, 5.41) is 4.64. The van der Waals surface area contributed by atoms with Gasteiger partial charge in [-0.15, -0.1) is 0 Å². The summed E-state index contributed by atoms with van der Waals surface area (Å²) in [5.74, 6) is 0. The van der Waals surface area contributed by atoms with Crippen LogP contribution in [-0.2, 0) is 0 Å². The second-order valence-electron chi connectivity index (χ2n) is 3.91. The maximum atomic E-state index is 6.28. The van der Waals surface area contributed by atoms with Crippen LogP contribution in [-0.4, -0.2) is 7.05 Å². The van der Waals surface area contributed by atoms with Crippen molar-refractivity contribution in [1.82, 2.24) is 5.32 Å². The van der Waals surface area contributed by atoms with Crippen molar-refractivity contribution in [3.05, 3.63) is 67.2 Å². The van der Waals surface area contributed by atoms with Crippen LogP contribution in [0.1, 0.15) is 17.2 Å². The van der Waals surface area contributed by atoms with Crippen LogP contribution in [0, 0.1) is 3.57 Å². The van der Waals surface area contributed by atoms with E-state index in [-0.39, 0.29) is 6.04 Å². The first-order valence-corrected chi connectivity index (χ1v) is 7.33. The average Bonchev–Trinajstić information content (AvgIpc) is 2.34. The molecule has 1 N–H and O–H groups in total. The molecule has 1 atom stereocenters. The van der Waals surface area contributed by atoms with E-state index in [9.17, 15) is 0 Å². The molecule has 0 radical (unpaired) electrons. The molecule has 0 heterocycles.